The number of carbonyl (C=O) groups excluding carboxylic acids is 2. The van der Waals surface area contributed by atoms with Crippen molar-refractivity contribution in [1.82, 2.24) is 0 Å². The van der Waals surface area contributed by atoms with Crippen LogP contribution in [0.15, 0.2) is 85.0 Å². The monoisotopic (exact) mass is 527 g/mol. The SMILES string of the molecule is C=C(C)C(=O)Oc1ccc(-c2cc([Si](C)(C)C)c(-c3ccc(OC(=O)C(=C)C)cc3)cc2[Si](C)C)cc1. The molecule has 0 saturated carbocycles. The van der Waals surface area contributed by atoms with E-state index in [0.717, 1.165) is 11.1 Å². The Morgan fingerprint density at radius 3 is 1.46 bits per heavy atom. The van der Waals surface area contributed by atoms with E-state index in [9.17, 15) is 9.59 Å². The molecule has 1 radical (unpaired) electrons. The smallest absolute Gasteiger partial charge is 0.338 e. The molecule has 0 aliphatic rings. The van der Waals surface area contributed by atoms with Crippen molar-refractivity contribution in [1.29, 1.82) is 0 Å². The van der Waals surface area contributed by atoms with Gasteiger partial charge in [-0.1, -0.05) is 92.7 Å². The summed E-state index contributed by atoms with van der Waals surface area (Å²) in [4.78, 5) is 23.8. The molecule has 0 N–H and O–H groups in total. The standard InChI is InChI=1S/C31H35O4Si2/c1-20(2)30(32)34-24-14-10-22(11-15-24)26-19-29(37(7,8)9)27(18-28(26)36(5)6)23-12-16-25(17-13-23)35-31(33)21(3)4/h10-19H,1,3H2,2,4-9H3. The van der Waals surface area contributed by atoms with E-state index >= 15 is 0 Å². The lowest BCUT2D eigenvalue weighted by Gasteiger charge is -2.26. The summed E-state index contributed by atoms with van der Waals surface area (Å²) in [5, 5.41) is 2.70. The van der Waals surface area contributed by atoms with Gasteiger partial charge in [0.25, 0.3) is 0 Å². The molecule has 37 heavy (non-hydrogen) atoms. The highest BCUT2D eigenvalue weighted by atomic mass is 28.3. The Hall–Kier alpha value is -3.49. The molecule has 6 heteroatoms. The Labute approximate surface area is 223 Å². The summed E-state index contributed by atoms with van der Waals surface area (Å²) < 4.78 is 10.8. The fourth-order valence-corrected chi connectivity index (χ4v) is 6.69. The number of hydrogen-bond donors (Lipinski definition) is 0. The molecule has 0 unspecified atom stereocenters. The van der Waals surface area contributed by atoms with Crippen molar-refractivity contribution in [3.63, 3.8) is 0 Å². The van der Waals surface area contributed by atoms with Crippen LogP contribution in [-0.2, 0) is 9.59 Å². The van der Waals surface area contributed by atoms with E-state index in [-0.39, 0.29) is 0 Å². The van der Waals surface area contributed by atoms with Crippen LogP contribution in [0.25, 0.3) is 22.3 Å². The molecule has 0 saturated heterocycles. The molecule has 0 heterocycles. The molecule has 0 aromatic heterocycles. The summed E-state index contributed by atoms with van der Waals surface area (Å²) in [6.07, 6.45) is 0. The minimum atomic E-state index is -1.75. The molecular formula is C31H35O4Si2. The van der Waals surface area contributed by atoms with Gasteiger partial charge in [0.15, 0.2) is 0 Å². The molecule has 0 atom stereocenters. The zero-order valence-electron chi connectivity index (χ0n) is 22.8. The first-order chi connectivity index (χ1) is 17.3. The molecule has 4 nitrogen and oxygen atoms in total. The van der Waals surface area contributed by atoms with Gasteiger partial charge in [0.2, 0.25) is 0 Å². The predicted molar refractivity (Wildman–Crippen MR) is 158 cm³/mol. The highest BCUT2D eigenvalue weighted by molar-refractivity contribution is 6.90. The molecule has 0 aliphatic heterocycles. The zero-order chi connectivity index (χ0) is 27.5. The summed E-state index contributed by atoms with van der Waals surface area (Å²) in [6, 6.07) is 20.1. The first-order valence-electron chi connectivity index (χ1n) is 12.2. The van der Waals surface area contributed by atoms with Crippen molar-refractivity contribution in [3.8, 4) is 33.8 Å². The van der Waals surface area contributed by atoms with E-state index < -0.39 is 28.8 Å². The van der Waals surface area contributed by atoms with Crippen LogP contribution in [-0.4, -0.2) is 28.8 Å². The number of ether oxygens (including phenoxy) is 2. The van der Waals surface area contributed by atoms with Crippen molar-refractivity contribution in [2.75, 3.05) is 0 Å². The highest BCUT2D eigenvalue weighted by Crippen LogP contribution is 2.28. The van der Waals surface area contributed by atoms with E-state index in [1.807, 2.05) is 48.5 Å². The average Bonchev–Trinajstić information content (AvgIpc) is 2.83. The molecule has 3 aromatic rings. The van der Waals surface area contributed by atoms with Gasteiger partial charge in [0.1, 0.15) is 11.5 Å². The van der Waals surface area contributed by atoms with E-state index in [4.69, 9.17) is 9.47 Å². The van der Waals surface area contributed by atoms with E-state index in [1.54, 1.807) is 13.8 Å². The Bertz CT molecular complexity index is 1350. The van der Waals surface area contributed by atoms with E-state index in [1.165, 1.54) is 21.5 Å². The maximum Gasteiger partial charge on any atom is 0.338 e. The summed E-state index contributed by atoms with van der Waals surface area (Å²) in [5.74, 6) is 0.163. The maximum absolute atomic E-state index is 11.9. The van der Waals surface area contributed by atoms with Gasteiger partial charge >= 0.3 is 11.9 Å². The van der Waals surface area contributed by atoms with E-state index in [0.29, 0.717) is 22.6 Å². The van der Waals surface area contributed by atoms with Crippen LogP contribution in [0, 0.1) is 0 Å². The minimum Gasteiger partial charge on any atom is -0.423 e. The largest absolute Gasteiger partial charge is 0.423 e. The van der Waals surface area contributed by atoms with Gasteiger partial charge in [-0.25, -0.2) is 9.59 Å². The quantitative estimate of drug-likeness (QED) is 0.145. The number of benzene rings is 3. The van der Waals surface area contributed by atoms with Crippen LogP contribution >= 0.6 is 0 Å². The number of carbonyl (C=O) groups is 2. The Morgan fingerprint density at radius 2 is 1.11 bits per heavy atom. The van der Waals surface area contributed by atoms with E-state index in [2.05, 4.69) is 58.0 Å². The van der Waals surface area contributed by atoms with Crippen LogP contribution in [0.1, 0.15) is 13.8 Å². The van der Waals surface area contributed by atoms with Gasteiger partial charge in [-0.05, 0) is 60.4 Å². The molecule has 3 aromatic carbocycles. The molecule has 191 valence electrons. The number of rotatable bonds is 8. The van der Waals surface area contributed by atoms with Gasteiger partial charge in [-0.2, -0.15) is 0 Å². The second-order valence-electron chi connectivity index (χ2n) is 10.6. The summed E-state index contributed by atoms with van der Waals surface area (Å²) >= 11 is 0. The lowest BCUT2D eigenvalue weighted by Crippen LogP contribution is -2.41. The predicted octanol–water partition coefficient (Wildman–Crippen LogP) is 6.49. The third-order valence-corrected chi connectivity index (χ3v) is 9.47. The van der Waals surface area contributed by atoms with Crippen molar-refractivity contribution in [2.24, 2.45) is 0 Å². The molecule has 3 rings (SSSR count). The molecule has 0 bridgehead atoms. The Morgan fingerprint density at radius 1 is 0.703 bits per heavy atom. The third kappa shape index (κ3) is 6.84. The average molecular weight is 528 g/mol. The molecule has 0 amide bonds. The van der Waals surface area contributed by atoms with Crippen molar-refractivity contribution in [3.05, 3.63) is 85.0 Å². The molecule has 0 aliphatic carbocycles. The first kappa shape index (κ1) is 28.1. The van der Waals surface area contributed by atoms with Gasteiger partial charge < -0.3 is 9.47 Å². The van der Waals surface area contributed by atoms with Crippen LogP contribution in [0.4, 0.5) is 0 Å². The topological polar surface area (TPSA) is 52.6 Å². The highest BCUT2D eigenvalue weighted by Gasteiger charge is 2.25. The van der Waals surface area contributed by atoms with Gasteiger partial charge in [-0.3, -0.25) is 0 Å². The third-order valence-electron chi connectivity index (χ3n) is 5.95. The molecule has 0 fully saturated rings. The van der Waals surface area contributed by atoms with Gasteiger partial charge in [0.05, 0.1) is 16.9 Å². The number of hydrogen-bond acceptors (Lipinski definition) is 4. The summed E-state index contributed by atoms with van der Waals surface area (Å²) in [6.45, 7) is 22.2. The van der Waals surface area contributed by atoms with Crippen molar-refractivity contribution >= 4 is 39.2 Å². The summed E-state index contributed by atoms with van der Waals surface area (Å²) in [7, 11) is -2.56. The van der Waals surface area contributed by atoms with Crippen molar-refractivity contribution in [2.45, 2.75) is 46.6 Å². The summed E-state index contributed by atoms with van der Waals surface area (Å²) in [5.41, 5.74) is 5.40. The number of esters is 2. The second kappa shape index (κ2) is 11.3. The van der Waals surface area contributed by atoms with Gasteiger partial charge in [0, 0.05) is 11.1 Å². The fourth-order valence-electron chi connectivity index (χ4n) is 3.90. The lowest BCUT2D eigenvalue weighted by atomic mass is 9.99. The zero-order valence-corrected chi connectivity index (χ0v) is 24.8. The van der Waals surface area contributed by atoms with Crippen LogP contribution < -0.4 is 19.8 Å². The fraction of sp³-hybridized carbons (Fsp3) is 0.226. The Balaban J connectivity index is 2.08. The Kier molecular flexibility index (Phi) is 8.56. The van der Waals surface area contributed by atoms with Crippen LogP contribution in [0.3, 0.4) is 0 Å². The van der Waals surface area contributed by atoms with Crippen LogP contribution in [0.2, 0.25) is 32.7 Å². The van der Waals surface area contributed by atoms with Crippen LogP contribution in [0.5, 0.6) is 11.5 Å². The van der Waals surface area contributed by atoms with Gasteiger partial charge in [-0.15, -0.1) is 0 Å². The normalized spacial score (nSPS) is 11.2. The molecule has 0 spiro atoms. The van der Waals surface area contributed by atoms with Crippen molar-refractivity contribution < 1.29 is 19.1 Å². The maximum atomic E-state index is 11.9. The minimum absolute atomic E-state index is 0.368. The molecular weight excluding hydrogens is 493 g/mol. The first-order valence-corrected chi connectivity index (χ1v) is 18.2. The lowest BCUT2D eigenvalue weighted by molar-refractivity contribution is -0.130. The second-order valence-corrected chi connectivity index (χ2v) is 18.2.